The van der Waals surface area contributed by atoms with Gasteiger partial charge in [-0.2, -0.15) is 5.10 Å². The van der Waals surface area contributed by atoms with E-state index >= 15 is 0 Å². The second kappa shape index (κ2) is 8.42. The third-order valence-electron chi connectivity index (χ3n) is 6.19. The van der Waals surface area contributed by atoms with Gasteiger partial charge >= 0.3 is 0 Å². The second-order valence-electron chi connectivity index (χ2n) is 8.43. The molecule has 1 aliphatic rings. The number of aromatic nitrogens is 2. The number of amides is 1. The summed E-state index contributed by atoms with van der Waals surface area (Å²) in [6, 6.07) is 23.7. The normalized spacial score (nSPS) is 15.3. The van der Waals surface area contributed by atoms with Gasteiger partial charge in [0.05, 0.1) is 17.1 Å². The number of aryl methyl sites for hydroxylation is 2. The molecule has 0 saturated heterocycles. The van der Waals surface area contributed by atoms with Crippen LogP contribution in [0, 0.1) is 6.92 Å². The van der Waals surface area contributed by atoms with Gasteiger partial charge in [0, 0.05) is 10.9 Å². The van der Waals surface area contributed by atoms with Crippen LogP contribution in [0.2, 0.25) is 0 Å². The average Bonchev–Trinajstić information content (AvgIpc) is 2.82. The summed E-state index contributed by atoms with van der Waals surface area (Å²) in [5.41, 5.74) is 4.98. The molecule has 1 aliphatic carbocycles. The lowest BCUT2D eigenvalue weighted by molar-refractivity contribution is -0.122. The van der Waals surface area contributed by atoms with E-state index in [0.29, 0.717) is 11.1 Å². The number of hydrogen-bond acceptors (Lipinski definition) is 3. The minimum Gasteiger partial charge on any atom is -0.348 e. The van der Waals surface area contributed by atoms with Crippen molar-refractivity contribution in [1.82, 2.24) is 15.1 Å². The third-order valence-corrected chi connectivity index (χ3v) is 6.19. The van der Waals surface area contributed by atoms with Crippen molar-refractivity contribution in [3.05, 3.63) is 99.8 Å². The second-order valence-corrected chi connectivity index (χ2v) is 8.43. The van der Waals surface area contributed by atoms with Crippen LogP contribution in [0.1, 0.15) is 35.6 Å². The molecular formula is C27H25N3O2. The van der Waals surface area contributed by atoms with Gasteiger partial charge in [0.1, 0.15) is 6.54 Å². The number of nitrogens with zero attached hydrogens (tertiary/aromatic N) is 2. The highest BCUT2D eigenvalue weighted by Crippen LogP contribution is 2.29. The molecule has 1 aromatic heterocycles. The minimum atomic E-state index is -0.254. The van der Waals surface area contributed by atoms with Crippen LogP contribution in [0.25, 0.3) is 22.0 Å². The van der Waals surface area contributed by atoms with Crippen molar-refractivity contribution in [2.75, 3.05) is 0 Å². The first-order chi connectivity index (χ1) is 15.6. The molecule has 5 nitrogen and oxygen atoms in total. The van der Waals surface area contributed by atoms with E-state index in [1.54, 1.807) is 6.07 Å². The number of carbonyl (C=O) groups excluding carboxylic acids is 1. The van der Waals surface area contributed by atoms with Crippen molar-refractivity contribution < 1.29 is 4.79 Å². The van der Waals surface area contributed by atoms with Crippen molar-refractivity contribution in [3.63, 3.8) is 0 Å². The molecule has 0 spiro atoms. The molecule has 5 heteroatoms. The van der Waals surface area contributed by atoms with Crippen molar-refractivity contribution in [3.8, 4) is 11.3 Å². The highest BCUT2D eigenvalue weighted by Gasteiger charge is 2.22. The molecule has 1 N–H and O–H groups in total. The molecule has 0 radical (unpaired) electrons. The predicted octanol–water partition coefficient (Wildman–Crippen LogP) is 4.57. The van der Waals surface area contributed by atoms with E-state index in [-0.39, 0.29) is 24.1 Å². The first-order valence-corrected chi connectivity index (χ1v) is 11.0. The Kier molecular flexibility index (Phi) is 5.31. The van der Waals surface area contributed by atoms with E-state index < -0.39 is 0 Å². The largest absolute Gasteiger partial charge is 0.348 e. The fraction of sp³-hybridized carbons (Fsp3) is 0.222. The summed E-state index contributed by atoms with van der Waals surface area (Å²) in [6.45, 7) is 1.92. The minimum absolute atomic E-state index is 0.0276. The molecule has 0 aliphatic heterocycles. The Morgan fingerprint density at radius 3 is 2.53 bits per heavy atom. The van der Waals surface area contributed by atoms with Gasteiger partial charge in [-0.3, -0.25) is 9.59 Å². The average molecular weight is 424 g/mol. The maximum Gasteiger partial charge on any atom is 0.275 e. The maximum atomic E-state index is 13.1. The number of nitrogens with one attached hydrogen (secondary N) is 1. The van der Waals surface area contributed by atoms with E-state index in [1.165, 1.54) is 15.8 Å². The lowest BCUT2D eigenvalue weighted by Gasteiger charge is -2.26. The van der Waals surface area contributed by atoms with Crippen LogP contribution in [0.5, 0.6) is 0 Å². The van der Waals surface area contributed by atoms with Crippen LogP contribution >= 0.6 is 0 Å². The van der Waals surface area contributed by atoms with E-state index in [0.717, 1.165) is 35.8 Å². The Morgan fingerprint density at radius 1 is 1.00 bits per heavy atom. The maximum absolute atomic E-state index is 13.1. The van der Waals surface area contributed by atoms with E-state index in [4.69, 9.17) is 0 Å². The number of benzene rings is 3. The molecule has 1 atom stereocenters. The molecule has 0 saturated carbocycles. The van der Waals surface area contributed by atoms with E-state index in [2.05, 4.69) is 22.5 Å². The van der Waals surface area contributed by atoms with Gasteiger partial charge in [-0.1, -0.05) is 72.3 Å². The molecule has 5 rings (SSSR count). The van der Waals surface area contributed by atoms with Crippen LogP contribution in [0.3, 0.4) is 0 Å². The zero-order valence-electron chi connectivity index (χ0n) is 18.0. The number of fused-ring (bicyclic) bond motifs is 2. The van der Waals surface area contributed by atoms with Crippen molar-refractivity contribution in [2.24, 2.45) is 0 Å². The molecule has 32 heavy (non-hydrogen) atoms. The SMILES string of the molecule is Cc1ccc(-c2nn(CC(=O)NC3CCCc4ccccc43)c(=O)c3ccccc23)cc1. The van der Waals surface area contributed by atoms with E-state index in [1.807, 2.05) is 61.5 Å². The Morgan fingerprint density at radius 2 is 1.72 bits per heavy atom. The Hall–Kier alpha value is -3.73. The van der Waals surface area contributed by atoms with Gasteiger partial charge in [0.25, 0.3) is 5.56 Å². The number of rotatable bonds is 4. The van der Waals surface area contributed by atoms with Gasteiger partial charge in [-0.15, -0.1) is 0 Å². The smallest absolute Gasteiger partial charge is 0.275 e. The van der Waals surface area contributed by atoms with Gasteiger partial charge in [0.15, 0.2) is 0 Å². The van der Waals surface area contributed by atoms with Crippen LogP contribution in [0.15, 0.2) is 77.6 Å². The molecule has 1 unspecified atom stereocenters. The topological polar surface area (TPSA) is 64.0 Å². The number of carbonyl (C=O) groups is 1. The Bertz CT molecular complexity index is 1360. The molecule has 3 aromatic carbocycles. The molecular weight excluding hydrogens is 398 g/mol. The summed E-state index contributed by atoms with van der Waals surface area (Å²) >= 11 is 0. The van der Waals surface area contributed by atoms with Crippen LogP contribution in [0.4, 0.5) is 0 Å². The molecule has 0 bridgehead atoms. The first kappa shape index (κ1) is 20.2. The summed E-state index contributed by atoms with van der Waals surface area (Å²) < 4.78 is 1.29. The van der Waals surface area contributed by atoms with E-state index in [9.17, 15) is 9.59 Å². The van der Waals surface area contributed by atoms with Crippen molar-refractivity contribution in [2.45, 2.75) is 38.8 Å². The highest BCUT2D eigenvalue weighted by molar-refractivity contribution is 5.93. The van der Waals surface area contributed by atoms with Crippen molar-refractivity contribution >= 4 is 16.7 Å². The van der Waals surface area contributed by atoms with Crippen LogP contribution in [-0.2, 0) is 17.8 Å². The summed E-state index contributed by atoms with van der Waals surface area (Å²) in [7, 11) is 0. The van der Waals surface area contributed by atoms with Gasteiger partial charge < -0.3 is 5.32 Å². The fourth-order valence-corrected chi connectivity index (χ4v) is 4.55. The molecule has 1 heterocycles. The summed E-state index contributed by atoms with van der Waals surface area (Å²) in [4.78, 5) is 26.1. The quantitative estimate of drug-likeness (QED) is 0.523. The highest BCUT2D eigenvalue weighted by atomic mass is 16.2. The zero-order valence-corrected chi connectivity index (χ0v) is 18.0. The van der Waals surface area contributed by atoms with Gasteiger partial charge in [0.2, 0.25) is 5.91 Å². The molecule has 1 amide bonds. The molecule has 160 valence electrons. The van der Waals surface area contributed by atoms with Gasteiger partial charge in [-0.25, -0.2) is 4.68 Å². The third kappa shape index (κ3) is 3.82. The summed E-state index contributed by atoms with van der Waals surface area (Å²) in [5.74, 6) is -0.202. The van der Waals surface area contributed by atoms with Crippen molar-refractivity contribution in [1.29, 1.82) is 0 Å². The summed E-state index contributed by atoms with van der Waals surface area (Å²) in [5, 5.41) is 9.10. The first-order valence-electron chi connectivity index (χ1n) is 11.0. The standard InChI is InChI=1S/C27H25N3O2/c1-18-13-15-20(16-14-18)26-22-10-4-5-11-23(22)27(32)30(29-26)17-25(31)28-24-12-6-8-19-7-2-3-9-21(19)24/h2-5,7,9-11,13-16,24H,6,8,12,17H2,1H3,(H,28,31). The monoisotopic (exact) mass is 423 g/mol. The molecule has 0 fully saturated rings. The lowest BCUT2D eigenvalue weighted by atomic mass is 9.88. The number of hydrogen-bond donors (Lipinski definition) is 1. The lowest BCUT2D eigenvalue weighted by Crippen LogP contribution is -2.37. The Balaban J connectivity index is 1.48. The van der Waals surface area contributed by atoms with Crippen LogP contribution < -0.4 is 10.9 Å². The zero-order chi connectivity index (χ0) is 22.1. The summed E-state index contributed by atoms with van der Waals surface area (Å²) in [6.07, 6.45) is 2.97. The fourth-order valence-electron chi connectivity index (χ4n) is 4.55. The van der Waals surface area contributed by atoms with Crippen LogP contribution in [-0.4, -0.2) is 15.7 Å². The Labute approximate surface area is 186 Å². The van der Waals surface area contributed by atoms with Gasteiger partial charge in [-0.05, 0) is 43.4 Å². The molecule has 4 aromatic rings. The predicted molar refractivity (Wildman–Crippen MR) is 126 cm³/mol.